The molecule has 0 saturated carbocycles. The Labute approximate surface area is 178 Å². The summed E-state index contributed by atoms with van der Waals surface area (Å²) in [4.78, 5) is 30.6. The van der Waals surface area contributed by atoms with Crippen LogP contribution < -0.4 is 20.5 Å². The first-order valence-electron chi connectivity index (χ1n) is 9.71. The molecular formula is C24H21N3O4. The number of ether oxygens (including phenoxy) is 2. The third kappa shape index (κ3) is 4.25. The summed E-state index contributed by atoms with van der Waals surface area (Å²) < 4.78 is 12.2. The van der Waals surface area contributed by atoms with Gasteiger partial charge in [-0.05, 0) is 48.9 Å². The second-order valence-electron chi connectivity index (χ2n) is 6.91. The normalized spacial score (nSPS) is 10.6. The SMILES string of the molecule is COc1cccc(C(=O)Nn2c(COc3ccccc3C)nc3ccccc3c2=O)c1. The first-order chi connectivity index (χ1) is 15.1. The van der Waals surface area contributed by atoms with Crippen LogP contribution in [0.1, 0.15) is 21.7 Å². The fourth-order valence-electron chi connectivity index (χ4n) is 3.18. The van der Waals surface area contributed by atoms with Gasteiger partial charge >= 0.3 is 0 Å². The molecule has 1 N–H and O–H groups in total. The summed E-state index contributed by atoms with van der Waals surface area (Å²) in [5.74, 6) is 1.04. The summed E-state index contributed by atoms with van der Waals surface area (Å²) in [5, 5.41) is 0.396. The van der Waals surface area contributed by atoms with Gasteiger partial charge in [-0.25, -0.2) is 4.98 Å². The van der Waals surface area contributed by atoms with Crippen LogP contribution in [0.25, 0.3) is 10.9 Å². The van der Waals surface area contributed by atoms with Crippen molar-refractivity contribution in [1.29, 1.82) is 0 Å². The standard InChI is InChI=1S/C24H21N3O4/c1-16-8-3-6-13-21(16)31-15-22-25-20-12-5-4-11-19(20)24(29)27(22)26-23(28)17-9-7-10-18(14-17)30-2/h3-14H,15H2,1-2H3,(H,26,28). The van der Waals surface area contributed by atoms with Crippen molar-refractivity contribution in [2.24, 2.45) is 0 Å². The number of benzene rings is 3. The van der Waals surface area contributed by atoms with Gasteiger partial charge in [-0.1, -0.05) is 36.4 Å². The Morgan fingerprint density at radius 3 is 2.61 bits per heavy atom. The van der Waals surface area contributed by atoms with Crippen LogP contribution in [0.5, 0.6) is 11.5 Å². The number of para-hydroxylation sites is 2. The topological polar surface area (TPSA) is 82.4 Å². The van der Waals surface area contributed by atoms with E-state index in [4.69, 9.17) is 9.47 Å². The van der Waals surface area contributed by atoms with Gasteiger partial charge in [-0.15, -0.1) is 0 Å². The number of nitrogens with zero attached hydrogens (tertiary/aromatic N) is 2. The van der Waals surface area contributed by atoms with Gasteiger partial charge < -0.3 is 9.47 Å². The number of fused-ring (bicyclic) bond motifs is 1. The maximum Gasteiger partial charge on any atom is 0.280 e. The molecule has 0 atom stereocenters. The lowest BCUT2D eigenvalue weighted by atomic mass is 10.2. The van der Waals surface area contributed by atoms with Crippen LogP contribution in [0, 0.1) is 6.92 Å². The minimum absolute atomic E-state index is 0.00329. The molecule has 1 heterocycles. The van der Waals surface area contributed by atoms with E-state index in [2.05, 4.69) is 10.4 Å². The molecule has 4 rings (SSSR count). The zero-order chi connectivity index (χ0) is 21.8. The van der Waals surface area contributed by atoms with Crippen molar-refractivity contribution in [3.8, 4) is 11.5 Å². The van der Waals surface area contributed by atoms with Crippen LogP contribution in [-0.2, 0) is 6.61 Å². The van der Waals surface area contributed by atoms with E-state index in [1.54, 1.807) is 48.5 Å². The minimum atomic E-state index is -0.463. The molecule has 3 aromatic carbocycles. The maximum absolute atomic E-state index is 13.1. The van der Waals surface area contributed by atoms with Crippen LogP contribution >= 0.6 is 0 Å². The van der Waals surface area contributed by atoms with E-state index in [1.165, 1.54) is 7.11 Å². The number of hydrogen-bond donors (Lipinski definition) is 1. The van der Waals surface area contributed by atoms with E-state index in [9.17, 15) is 9.59 Å². The Balaban J connectivity index is 1.72. The average Bonchev–Trinajstić information content (AvgIpc) is 2.80. The van der Waals surface area contributed by atoms with Crippen molar-refractivity contribution in [2.75, 3.05) is 12.5 Å². The number of aryl methyl sites for hydroxylation is 1. The van der Waals surface area contributed by atoms with E-state index in [-0.39, 0.29) is 18.0 Å². The molecule has 156 valence electrons. The minimum Gasteiger partial charge on any atom is -0.497 e. The highest BCUT2D eigenvalue weighted by atomic mass is 16.5. The molecule has 0 radical (unpaired) electrons. The third-order valence-electron chi connectivity index (χ3n) is 4.84. The van der Waals surface area contributed by atoms with Gasteiger partial charge in [-0.2, -0.15) is 4.68 Å². The highest BCUT2D eigenvalue weighted by Crippen LogP contribution is 2.18. The maximum atomic E-state index is 13.1. The molecular weight excluding hydrogens is 394 g/mol. The Morgan fingerprint density at radius 1 is 1.03 bits per heavy atom. The number of rotatable bonds is 6. The second kappa shape index (κ2) is 8.71. The molecule has 0 spiro atoms. The number of carbonyl (C=O) groups is 1. The molecule has 0 bridgehead atoms. The van der Waals surface area contributed by atoms with Gasteiger partial charge in [0, 0.05) is 5.56 Å². The number of amides is 1. The lowest BCUT2D eigenvalue weighted by molar-refractivity contribution is 0.100. The molecule has 0 aliphatic rings. The lowest BCUT2D eigenvalue weighted by Crippen LogP contribution is -2.37. The summed E-state index contributed by atoms with van der Waals surface area (Å²) in [6.07, 6.45) is 0. The van der Waals surface area contributed by atoms with Crippen LogP contribution in [0.2, 0.25) is 0 Å². The van der Waals surface area contributed by atoms with Crippen molar-refractivity contribution in [3.63, 3.8) is 0 Å². The van der Waals surface area contributed by atoms with Gasteiger partial charge in [0.15, 0.2) is 5.82 Å². The molecule has 0 unspecified atom stereocenters. The smallest absolute Gasteiger partial charge is 0.280 e. The molecule has 1 aromatic heterocycles. The Bertz CT molecular complexity index is 1310. The zero-order valence-electron chi connectivity index (χ0n) is 17.2. The number of nitrogens with one attached hydrogen (secondary N) is 1. The van der Waals surface area contributed by atoms with Gasteiger partial charge in [0.25, 0.3) is 11.5 Å². The molecule has 0 fully saturated rings. The van der Waals surface area contributed by atoms with E-state index in [0.29, 0.717) is 28.0 Å². The first kappa shape index (κ1) is 20.2. The highest BCUT2D eigenvalue weighted by Gasteiger charge is 2.16. The second-order valence-corrected chi connectivity index (χ2v) is 6.91. The molecule has 0 aliphatic heterocycles. The molecule has 7 nitrogen and oxygen atoms in total. The van der Waals surface area contributed by atoms with E-state index in [0.717, 1.165) is 10.2 Å². The van der Waals surface area contributed by atoms with Crippen LogP contribution in [0.4, 0.5) is 0 Å². The molecule has 7 heteroatoms. The number of methoxy groups -OCH3 is 1. The van der Waals surface area contributed by atoms with E-state index >= 15 is 0 Å². The van der Waals surface area contributed by atoms with Crippen molar-refractivity contribution in [1.82, 2.24) is 9.66 Å². The molecule has 0 aliphatic carbocycles. The quantitative estimate of drug-likeness (QED) is 0.520. The number of hydrogen-bond acceptors (Lipinski definition) is 5. The third-order valence-corrected chi connectivity index (χ3v) is 4.84. The largest absolute Gasteiger partial charge is 0.497 e. The van der Waals surface area contributed by atoms with E-state index < -0.39 is 5.91 Å². The molecule has 1 amide bonds. The van der Waals surface area contributed by atoms with Gasteiger partial charge in [0.05, 0.1) is 18.0 Å². The fourth-order valence-corrected chi connectivity index (χ4v) is 3.18. The molecule has 31 heavy (non-hydrogen) atoms. The first-order valence-corrected chi connectivity index (χ1v) is 9.71. The van der Waals surface area contributed by atoms with Crippen LogP contribution in [0.15, 0.2) is 77.6 Å². The van der Waals surface area contributed by atoms with Gasteiger partial charge in [0.1, 0.15) is 18.1 Å². The monoisotopic (exact) mass is 415 g/mol. The molecule has 0 saturated heterocycles. The summed E-state index contributed by atoms with van der Waals surface area (Å²) in [5.41, 5.74) is 4.11. The van der Waals surface area contributed by atoms with Crippen LogP contribution in [-0.4, -0.2) is 22.7 Å². The van der Waals surface area contributed by atoms with Crippen LogP contribution in [0.3, 0.4) is 0 Å². The Morgan fingerprint density at radius 2 is 1.81 bits per heavy atom. The van der Waals surface area contributed by atoms with Crippen molar-refractivity contribution in [3.05, 3.63) is 100 Å². The summed E-state index contributed by atoms with van der Waals surface area (Å²) in [6, 6.07) is 21.2. The fraction of sp³-hybridized carbons (Fsp3) is 0.125. The lowest BCUT2D eigenvalue weighted by Gasteiger charge is -2.16. The Kier molecular flexibility index (Phi) is 5.66. The summed E-state index contributed by atoms with van der Waals surface area (Å²) in [6.45, 7) is 1.93. The predicted molar refractivity (Wildman–Crippen MR) is 118 cm³/mol. The van der Waals surface area contributed by atoms with Crippen molar-refractivity contribution >= 4 is 16.8 Å². The van der Waals surface area contributed by atoms with Gasteiger partial charge in [0.2, 0.25) is 0 Å². The van der Waals surface area contributed by atoms with Crippen molar-refractivity contribution < 1.29 is 14.3 Å². The average molecular weight is 415 g/mol. The highest BCUT2D eigenvalue weighted by molar-refractivity contribution is 6.00. The summed E-state index contributed by atoms with van der Waals surface area (Å²) in [7, 11) is 1.52. The van der Waals surface area contributed by atoms with Gasteiger partial charge in [-0.3, -0.25) is 15.0 Å². The molecule has 4 aromatic rings. The number of carbonyl (C=O) groups excluding carboxylic acids is 1. The van der Waals surface area contributed by atoms with E-state index in [1.807, 2.05) is 31.2 Å². The predicted octanol–water partition coefficient (Wildman–Crippen LogP) is 3.68. The Hall–Kier alpha value is -4.13. The zero-order valence-corrected chi connectivity index (χ0v) is 17.2. The number of aromatic nitrogens is 2. The van der Waals surface area contributed by atoms with Crippen molar-refractivity contribution in [2.45, 2.75) is 13.5 Å². The summed E-state index contributed by atoms with van der Waals surface area (Å²) >= 11 is 0.